The van der Waals surface area contributed by atoms with Gasteiger partial charge in [0.25, 0.3) is 11.6 Å². The van der Waals surface area contributed by atoms with Crippen LogP contribution in [0.25, 0.3) is 0 Å². The van der Waals surface area contributed by atoms with Crippen LogP contribution in [-0.2, 0) is 11.2 Å². The number of hydrogen-bond acceptors (Lipinski definition) is 4. The number of carboxylic acids is 1. The number of nitro benzene ring substituents is 1. The van der Waals surface area contributed by atoms with Crippen LogP contribution in [-0.4, -0.2) is 21.9 Å². The molecule has 0 aromatic heterocycles. The van der Waals surface area contributed by atoms with Crippen LogP contribution in [0.2, 0.25) is 0 Å². The van der Waals surface area contributed by atoms with Crippen molar-refractivity contribution in [2.45, 2.75) is 26.2 Å². The molecule has 0 aliphatic carbocycles. The van der Waals surface area contributed by atoms with Crippen molar-refractivity contribution in [3.63, 3.8) is 0 Å². The number of nitrogens with one attached hydrogen (secondary N) is 1. The Bertz CT molecular complexity index is 800. The van der Waals surface area contributed by atoms with Crippen molar-refractivity contribution >= 4 is 23.3 Å². The molecule has 0 heterocycles. The lowest BCUT2D eigenvalue weighted by Crippen LogP contribution is -2.12. The van der Waals surface area contributed by atoms with E-state index in [9.17, 15) is 19.7 Å². The summed E-state index contributed by atoms with van der Waals surface area (Å²) in [5.41, 5.74) is 2.15. The lowest BCUT2D eigenvalue weighted by Gasteiger charge is -2.07. The Morgan fingerprint density at radius 3 is 2.44 bits per heavy atom. The first kappa shape index (κ1) is 18.1. The molecule has 130 valence electrons. The molecule has 7 nitrogen and oxygen atoms in total. The maximum absolute atomic E-state index is 12.2. The number of carboxylic acid groups (broad SMARTS) is 1. The van der Waals surface area contributed by atoms with Gasteiger partial charge in [0.2, 0.25) is 0 Å². The van der Waals surface area contributed by atoms with Gasteiger partial charge in [0.15, 0.2) is 0 Å². The fourth-order valence-electron chi connectivity index (χ4n) is 2.35. The quantitative estimate of drug-likeness (QED) is 0.590. The highest BCUT2D eigenvalue weighted by Crippen LogP contribution is 2.20. The van der Waals surface area contributed by atoms with Crippen molar-refractivity contribution in [1.82, 2.24) is 0 Å². The average Bonchev–Trinajstić information content (AvgIpc) is 2.56. The van der Waals surface area contributed by atoms with Crippen molar-refractivity contribution in [1.29, 1.82) is 0 Å². The zero-order valence-electron chi connectivity index (χ0n) is 13.7. The Balaban J connectivity index is 2.02. The number of benzene rings is 2. The second-order valence-corrected chi connectivity index (χ2v) is 5.66. The van der Waals surface area contributed by atoms with Crippen molar-refractivity contribution in [3.8, 4) is 0 Å². The van der Waals surface area contributed by atoms with E-state index in [2.05, 4.69) is 5.32 Å². The van der Waals surface area contributed by atoms with Crippen LogP contribution in [0.4, 0.5) is 11.4 Å². The minimum atomic E-state index is -0.823. The summed E-state index contributed by atoms with van der Waals surface area (Å²) in [5.74, 6) is -1.25. The monoisotopic (exact) mass is 342 g/mol. The van der Waals surface area contributed by atoms with Gasteiger partial charge in [-0.05, 0) is 43.5 Å². The highest BCUT2D eigenvalue weighted by molar-refractivity contribution is 6.04. The number of carbonyl (C=O) groups excluding carboxylic acids is 1. The van der Waals surface area contributed by atoms with Gasteiger partial charge >= 0.3 is 5.97 Å². The molecule has 0 saturated heterocycles. The van der Waals surface area contributed by atoms with E-state index < -0.39 is 16.8 Å². The van der Waals surface area contributed by atoms with E-state index in [1.165, 1.54) is 12.1 Å². The normalized spacial score (nSPS) is 10.3. The Labute approximate surface area is 144 Å². The number of hydrogen-bond donors (Lipinski definition) is 2. The van der Waals surface area contributed by atoms with Gasteiger partial charge < -0.3 is 10.4 Å². The number of amides is 1. The van der Waals surface area contributed by atoms with E-state index in [0.717, 1.165) is 5.56 Å². The van der Waals surface area contributed by atoms with Crippen LogP contribution >= 0.6 is 0 Å². The predicted octanol–water partition coefficient (Wildman–Crippen LogP) is 3.56. The lowest BCUT2D eigenvalue weighted by atomic mass is 10.1. The summed E-state index contributed by atoms with van der Waals surface area (Å²) in [4.78, 5) is 33.2. The van der Waals surface area contributed by atoms with E-state index in [-0.39, 0.29) is 17.7 Å². The van der Waals surface area contributed by atoms with Gasteiger partial charge in [-0.3, -0.25) is 19.7 Å². The first-order chi connectivity index (χ1) is 11.9. The van der Waals surface area contributed by atoms with Crippen molar-refractivity contribution in [2.24, 2.45) is 0 Å². The Kier molecular flexibility index (Phi) is 5.84. The number of aliphatic carboxylic acids is 1. The van der Waals surface area contributed by atoms with Gasteiger partial charge in [-0.25, -0.2) is 0 Å². The molecule has 0 spiro atoms. The SMILES string of the molecule is Cc1ccc(C(=O)Nc2ccc(CCCC(=O)O)cc2)cc1[N+](=O)[O-]. The summed E-state index contributed by atoms with van der Waals surface area (Å²) in [6, 6.07) is 11.4. The van der Waals surface area contributed by atoms with Crippen LogP contribution in [0.3, 0.4) is 0 Å². The third-order valence-corrected chi connectivity index (χ3v) is 3.74. The molecule has 7 heteroatoms. The first-order valence-electron chi connectivity index (χ1n) is 7.74. The van der Waals surface area contributed by atoms with Gasteiger partial charge in [0, 0.05) is 29.3 Å². The molecule has 0 saturated carbocycles. The van der Waals surface area contributed by atoms with E-state index in [0.29, 0.717) is 24.1 Å². The molecule has 0 fully saturated rings. The topological polar surface area (TPSA) is 110 Å². The molecule has 0 aliphatic heterocycles. The number of nitro groups is 1. The van der Waals surface area contributed by atoms with E-state index in [1.54, 1.807) is 25.1 Å². The average molecular weight is 342 g/mol. The van der Waals surface area contributed by atoms with Crippen LogP contribution < -0.4 is 5.32 Å². The fraction of sp³-hybridized carbons (Fsp3) is 0.222. The zero-order valence-corrected chi connectivity index (χ0v) is 13.7. The molecule has 2 rings (SSSR count). The van der Waals surface area contributed by atoms with Gasteiger partial charge in [-0.15, -0.1) is 0 Å². The molecule has 2 aromatic rings. The summed E-state index contributed by atoms with van der Waals surface area (Å²) in [5, 5.41) is 22.3. The van der Waals surface area contributed by atoms with E-state index in [1.807, 2.05) is 12.1 Å². The molecule has 0 aliphatic rings. The molecule has 2 N–H and O–H groups in total. The fourth-order valence-corrected chi connectivity index (χ4v) is 2.35. The molecule has 1 amide bonds. The highest BCUT2D eigenvalue weighted by Gasteiger charge is 2.15. The molecule has 2 aromatic carbocycles. The molecule has 0 unspecified atom stereocenters. The third kappa shape index (κ3) is 5.13. The predicted molar refractivity (Wildman–Crippen MR) is 92.8 cm³/mol. The molecular weight excluding hydrogens is 324 g/mol. The summed E-state index contributed by atoms with van der Waals surface area (Å²) in [7, 11) is 0. The Morgan fingerprint density at radius 2 is 1.84 bits per heavy atom. The number of nitrogens with zero attached hydrogens (tertiary/aromatic N) is 1. The van der Waals surface area contributed by atoms with E-state index >= 15 is 0 Å². The van der Waals surface area contributed by atoms with Gasteiger partial charge in [-0.2, -0.15) is 0 Å². The third-order valence-electron chi connectivity index (χ3n) is 3.74. The van der Waals surface area contributed by atoms with Gasteiger partial charge in [0.1, 0.15) is 0 Å². The van der Waals surface area contributed by atoms with Crippen LogP contribution in [0.1, 0.15) is 34.3 Å². The number of aryl methyl sites for hydroxylation is 2. The minimum Gasteiger partial charge on any atom is -0.481 e. The molecular formula is C18H18N2O5. The number of anilines is 1. The van der Waals surface area contributed by atoms with E-state index in [4.69, 9.17) is 5.11 Å². The zero-order chi connectivity index (χ0) is 18.4. The smallest absolute Gasteiger partial charge is 0.303 e. The Morgan fingerprint density at radius 1 is 1.16 bits per heavy atom. The largest absolute Gasteiger partial charge is 0.481 e. The van der Waals surface area contributed by atoms with Gasteiger partial charge in [0.05, 0.1) is 4.92 Å². The lowest BCUT2D eigenvalue weighted by molar-refractivity contribution is -0.385. The standard InChI is InChI=1S/C18H18N2O5/c1-12-5-8-14(11-16(12)20(24)25)18(23)19-15-9-6-13(7-10-15)3-2-4-17(21)22/h5-11H,2-4H2,1H3,(H,19,23)(H,21,22). The molecule has 0 bridgehead atoms. The molecule has 0 atom stereocenters. The summed E-state index contributed by atoms with van der Waals surface area (Å²) in [6.45, 7) is 1.61. The Hall–Kier alpha value is -3.22. The maximum atomic E-state index is 12.2. The van der Waals surface area contributed by atoms with Crippen LogP contribution in [0.15, 0.2) is 42.5 Å². The number of rotatable bonds is 7. The molecule has 0 radical (unpaired) electrons. The first-order valence-corrected chi connectivity index (χ1v) is 7.74. The second kappa shape index (κ2) is 8.05. The van der Waals surface area contributed by atoms with Crippen molar-refractivity contribution < 1.29 is 19.6 Å². The molecule has 25 heavy (non-hydrogen) atoms. The van der Waals surface area contributed by atoms with Crippen molar-refractivity contribution in [3.05, 3.63) is 69.3 Å². The van der Waals surface area contributed by atoms with Crippen LogP contribution in [0, 0.1) is 17.0 Å². The second-order valence-electron chi connectivity index (χ2n) is 5.66. The maximum Gasteiger partial charge on any atom is 0.303 e. The van der Waals surface area contributed by atoms with Crippen molar-refractivity contribution in [2.75, 3.05) is 5.32 Å². The van der Waals surface area contributed by atoms with Gasteiger partial charge in [-0.1, -0.05) is 18.2 Å². The summed E-state index contributed by atoms with van der Waals surface area (Å²) < 4.78 is 0. The van der Waals surface area contributed by atoms with Crippen LogP contribution in [0.5, 0.6) is 0 Å². The minimum absolute atomic E-state index is 0.0959. The summed E-state index contributed by atoms with van der Waals surface area (Å²) in [6.07, 6.45) is 1.31. The number of carbonyl (C=O) groups is 2. The highest BCUT2D eigenvalue weighted by atomic mass is 16.6. The summed E-state index contributed by atoms with van der Waals surface area (Å²) >= 11 is 0.